The molecule has 3 nitrogen and oxygen atoms in total. The molecule has 1 heterocycles. The molecular weight excluding hydrogens is 303 g/mol. The number of furan rings is 1. The smallest absolute Gasteiger partial charge is 0.203 e. The summed E-state index contributed by atoms with van der Waals surface area (Å²) in [5.74, 6) is 0.263. The van der Waals surface area contributed by atoms with Crippen molar-refractivity contribution in [3.8, 4) is 28.0 Å². The molecular formula is C17H13FO3S. The summed E-state index contributed by atoms with van der Waals surface area (Å²) < 4.78 is 34.5. The van der Waals surface area contributed by atoms with Crippen LogP contribution >= 0.6 is 0 Å². The molecule has 5 heteroatoms. The predicted octanol–water partition coefficient (Wildman–Crippen LogP) is 4.43. The molecule has 0 saturated carbocycles. The lowest BCUT2D eigenvalue weighted by Gasteiger charge is -2.05. The minimum Gasteiger partial charge on any atom is -0.471 e. The van der Waals surface area contributed by atoms with Crippen LogP contribution in [0.15, 0.2) is 65.5 Å². The average Bonchev–Trinajstić information content (AvgIpc) is 2.97. The maximum Gasteiger partial charge on any atom is 0.203 e. The molecule has 3 aromatic rings. The van der Waals surface area contributed by atoms with Crippen molar-refractivity contribution in [2.45, 2.75) is 0 Å². The van der Waals surface area contributed by atoms with Gasteiger partial charge in [-0.15, -0.1) is 0 Å². The van der Waals surface area contributed by atoms with Crippen LogP contribution in [0.2, 0.25) is 0 Å². The van der Waals surface area contributed by atoms with Crippen molar-refractivity contribution in [2.75, 3.05) is 6.26 Å². The van der Waals surface area contributed by atoms with Gasteiger partial charge in [0, 0.05) is 17.4 Å². The predicted molar refractivity (Wildman–Crippen MR) is 84.2 cm³/mol. The van der Waals surface area contributed by atoms with Crippen molar-refractivity contribution < 1.29 is 17.2 Å². The van der Waals surface area contributed by atoms with Crippen LogP contribution in [0, 0.1) is 5.82 Å². The number of benzene rings is 2. The highest BCUT2D eigenvalue weighted by molar-refractivity contribution is 7.79. The fourth-order valence-electron chi connectivity index (χ4n) is 2.20. The van der Waals surface area contributed by atoms with E-state index in [1.54, 1.807) is 36.8 Å². The third-order valence-corrected chi connectivity index (χ3v) is 3.62. The van der Waals surface area contributed by atoms with Crippen LogP contribution in [0.3, 0.4) is 0 Å². The van der Waals surface area contributed by atoms with Crippen LogP contribution < -0.4 is 4.18 Å². The second-order valence-electron chi connectivity index (χ2n) is 4.72. The lowest BCUT2D eigenvalue weighted by molar-refractivity contribution is 0.567. The van der Waals surface area contributed by atoms with Crippen LogP contribution in [0.4, 0.5) is 4.39 Å². The zero-order chi connectivity index (χ0) is 15.5. The molecule has 0 radical (unpaired) electrons. The molecule has 0 spiro atoms. The first kappa shape index (κ1) is 14.5. The van der Waals surface area contributed by atoms with E-state index in [4.69, 9.17) is 8.60 Å². The Morgan fingerprint density at radius 3 is 1.91 bits per heavy atom. The average molecular weight is 316 g/mol. The van der Waals surface area contributed by atoms with Gasteiger partial charge in [0.15, 0.2) is 0 Å². The number of halogens is 1. The van der Waals surface area contributed by atoms with E-state index < -0.39 is 11.1 Å². The van der Waals surface area contributed by atoms with Crippen molar-refractivity contribution in [3.63, 3.8) is 0 Å². The maximum absolute atomic E-state index is 13.0. The van der Waals surface area contributed by atoms with Crippen molar-refractivity contribution in [2.24, 2.45) is 0 Å². The minimum absolute atomic E-state index is 0.275. The highest BCUT2D eigenvalue weighted by Gasteiger charge is 2.10. The van der Waals surface area contributed by atoms with E-state index in [1.807, 2.05) is 12.1 Å². The fraction of sp³-hybridized carbons (Fsp3) is 0.0588. The van der Waals surface area contributed by atoms with Gasteiger partial charge in [-0.05, 0) is 35.4 Å². The molecule has 0 fully saturated rings. The van der Waals surface area contributed by atoms with Gasteiger partial charge in [0.05, 0.1) is 12.5 Å². The quantitative estimate of drug-likeness (QED) is 0.715. The van der Waals surface area contributed by atoms with Gasteiger partial charge in [-0.3, -0.25) is 0 Å². The monoisotopic (exact) mass is 316 g/mol. The molecule has 2 aromatic carbocycles. The first-order valence-electron chi connectivity index (χ1n) is 6.58. The normalized spacial score (nSPS) is 12.1. The van der Waals surface area contributed by atoms with E-state index in [0.29, 0.717) is 5.75 Å². The summed E-state index contributed by atoms with van der Waals surface area (Å²) in [7, 11) is 0. The zero-order valence-electron chi connectivity index (χ0n) is 11.8. The molecule has 22 heavy (non-hydrogen) atoms. The molecule has 112 valence electrons. The lowest BCUT2D eigenvalue weighted by Crippen LogP contribution is -1.96. The summed E-state index contributed by atoms with van der Waals surface area (Å²) in [6.07, 6.45) is 4.75. The summed E-state index contributed by atoms with van der Waals surface area (Å²) >= 11 is -1.35. The molecule has 0 aliphatic heterocycles. The van der Waals surface area contributed by atoms with Gasteiger partial charge < -0.3 is 8.60 Å². The van der Waals surface area contributed by atoms with Crippen LogP contribution in [0.25, 0.3) is 22.3 Å². The lowest BCUT2D eigenvalue weighted by atomic mass is 9.99. The summed E-state index contributed by atoms with van der Waals surface area (Å²) in [6, 6.07) is 13.5. The molecule has 0 N–H and O–H groups in total. The molecule has 1 atom stereocenters. The largest absolute Gasteiger partial charge is 0.471 e. The Morgan fingerprint density at radius 2 is 1.41 bits per heavy atom. The molecule has 0 aliphatic rings. The number of rotatable bonds is 4. The molecule has 0 amide bonds. The highest BCUT2D eigenvalue weighted by Crippen LogP contribution is 2.34. The van der Waals surface area contributed by atoms with Crippen LogP contribution in [0.5, 0.6) is 5.75 Å². The van der Waals surface area contributed by atoms with E-state index in [9.17, 15) is 8.60 Å². The molecule has 0 bridgehead atoms. The Morgan fingerprint density at radius 1 is 0.909 bits per heavy atom. The van der Waals surface area contributed by atoms with Gasteiger partial charge in [0.1, 0.15) is 11.6 Å². The van der Waals surface area contributed by atoms with Crippen molar-refractivity contribution in [3.05, 3.63) is 66.9 Å². The summed E-state index contributed by atoms with van der Waals surface area (Å²) in [4.78, 5) is 0. The van der Waals surface area contributed by atoms with Crippen LogP contribution in [0.1, 0.15) is 0 Å². The molecule has 3 rings (SSSR count). The number of hydrogen-bond acceptors (Lipinski definition) is 3. The van der Waals surface area contributed by atoms with Gasteiger partial charge in [-0.2, -0.15) is 0 Å². The van der Waals surface area contributed by atoms with E-state index >= 15 is 0 Å². The van der Waals surface area contributed by atoms with E-state index in [1.165, 1.54) is 18.4 Å². The fourth-order valence-corrected chi connectivity index (χ4v) is 2.58. The summed E-state index contributed by atoms with van der Waals surface area (Å²) in [5.41, 5.74) is 3.59. The Labute approximate surface area is 130 Å². The highest BCUT2D eigenvalue weighted by atomic mass is 32.2. The molecule has 1 aromatic heterocycles. The Balaban J connectivity index is 1.94. The van der Waals surface area contributed by atoms with Crippen molar-refractivity contribution in [1.29, 1.82) is 0 Å². The van der Waals surface area contributed by atoms with Crippen LogP contribution in [-0.4, -0.2) is 10.5 Å². The third kappa shape index (κ3) is 3.09. The van der Waals surface area contributed by atoms with Gasteiger partial charge in [0.2, 0.25) is 11.1 Å². The van der Waals surface area contributed by atoms with Crippen molar-refractivity contribution >= 4 is 11.1 Å². The second-order valence-corrected chi connectivity index (χ2v) is 5.68. The number of hydrogen-bond donors (Lipinski definition) is 0. The van der Waals surface area contributed by atoms with E-state index in [2.05, 4.69) is 0 Å². The molecule has 0 saturated heterocycles. The van der Waals surface area contributed by atoms with Crippen LogP contribution in [-0.2, 0) is 11.1 Å². The van der Waals surface area contributed by atoms with E-state index in [0.717, 1.165) is 22.3 Å². The zero-order valence-corrected chi connectivity index (χ0v) is 12.6. The van der Waals surface area contributed by atoms with E-state index in [-0.39, 0.29) is 5.82 Å². The summed E-state index contributed by atoms with van der Waals surface area (Å²) in [5, 5.41) is 0. The SMILES string of the molecule is CS(=O)Oc1ccc(-c2cocc2-c2ccc(F)cc2)cc1. The second kappa shape index (κ2) is 6.15. The van der Waals surface area contributed by atoms with Crippen molar-refractivity contribution in [1.82, 2.24) is 0 Å². The maximum atomic E-state index is 13.0. The Kier molecular flexibility index (Phi) is 4.06. The molecule has 1 unspecified atom stereocenters. The van der Waals surface area contributed by atoms with Gasteiger partial charge in [-0.25, -0.2) is 8.60 Å². The first-order valence-corrected chi connectivity index (χ1v) is 8.06. The standard InChI is InChI=1S/C17H13FO3S/c1-22(19)21-15-8-4-13(5-9-15)17-11-20-10-16(17)12-2-6-14(18)7-3-12/h2-11H,1H3. The van der Waals surface area contributed by atoms with Gasteiger partial charge >= 0.3 is 0 Å². The first-order chi connectivity index (χ1) is 10.6. The Hall–Kier alpha value is -2.40. The Bertz CT molecular complexity index is 792. The molecule has 0 aliphatic carbocycles. The summed E-state index contributed by atoms with van der Waals surface area (Å²) in [6.45, 7) is 0. The third-order valence-electron chi connectivity index (χ3n) is 3.20. The topological polar surface area (TPSA) is 39.4 Å². The minimum atomic E-state index is -1.35. The van der Waals surface area contributed by atoms with Gasteiger partial charge in [-0.1, -0.05) is 24.3 Å². The van der Waals surface area contributed by atoms with Gasteiger partial charge in [0.25, 0.3) is 0 Å².